The maximum absolute atomic E-state index is 12.4. The average Bonchev–Trinajstić information content (AvgIpc) is 3.22. The summed E-state index contributed by atoms with van der Waals surface area (Å²) < 4.78 is 1.48. The van der Waals surface area contributed by atoms with Gasteiger partial charge in [0.25, 0.3) is 11.6 Å². The van der Waals surface area contributed by atoms with Crippen LogP contribution >= 0.6 is 11.3 Å². The molecule has 0 bridgehead atoms. The average molecular weight is 382 g/mol. The molecule has 3 aromatic heterocycles. The topological polar surface area (TPSA) is 107 Å². The number of para-hydroxylation sites is 1. The monoisotopic (exact) mass is 382 g/mol. The van der Waals surface area contributed by atoms with E-state index in [-0.39, 0.29) is 17.4 Å². The van der Waals surface area contributed by atoms with Gasteiger partial charge < -0.3 is 4.90 Å². The molecule has 1 amide bonds. The second kappa shape index (κ2) is 6.09. The molecule has 0 N–H and O–H groups in total. The zero-order valence-electron chi connectivity index (χ0n) is 14.7. The van der Waals surface area contributed by atoms with Crippen molar-refractivity contribution in [3.63, 3.8) is 0 Å². The first-order chi connectivity index (χ1) is 12.9. The molecule has 0 fully saturated rings. The third-order valence-corrected chi connectivity index (χ3v) is 5.40. The number of nitro benzene ring substituents is 1. The molecular formula is C17H14N6O3S. The third-order valence-electron chi connectivity index (χ3n) is 4.21. The highest BCUT2D eigenvalue weighted by Crippen LogP contribution is 2.34. The minimum Gasteiger partial charge on any atom is -0.344 e. The lowest BCUT2D eigenvalue weighted by molar-refractivity contribution is -0.384. The van der Waals surface area contributed by atoms with Gasteiger partial charge in [-0.2, -0.15) is 0 Å². The predicted molar refractivity (Wildman–Crippen MR) is 101 cm³/mol. The van der Waals surface area contributed by atoms with Gasteiger partial charge in [0.2, 0.25) is 0 Å². The van der Waals surface area contributed by atoms with E-state index in [9.17, 15) is 14.9 Å². The fourth-order valence-corrected chi connectivity index (χ4v) is 4.04. The number of nitrogens with zero attached hydrogens (tertiary/aromatic N) is 6. The highest BCUT2D eigenvalue weighted by atomic mass is 32.1. The largest absolute Gasteiger partial charge is 0.344 e. The van der Waals surface area contributed by atoms with Crippen LogP contribution in [0.2, 0.25) is 0 Å². The van der Waals surface area contributed by atoms with E-state index in [1.54, 1.807) is 32.3 Å². The van der Waals surface area contributed by atoms with Gasteiger partial charge in [0, 0.05) is 20.2 Å². The summed E-state index contributed by atoms with van der Waals surface area (Å²) >= 11 is 1.30. The predicted octanol–water partition coefficient (Wildman–Crippen LogP) is 2.92. The molecule has 1 aromatic carbocycles. The third kappa shape index (κ3) is 2.61. The normalized spacial score (nSPS) is 11.2. The fourth-order valence-electron chi connectivity index (χ4n) is 2.88. The number of hydrogen-bond donors (Lipinski definition) is 0. The van der Waals surface area contributed by atoms with Crippen molar-refractivity contribution in [1.29, 1.82) is 0 Å². The maximum Gasteiger partial charge on any atom is 0.280 e. The molecule has 0 unspecified atom stereocenters. The summed E-state index contributed by atoms with van der Waals surface area (Å²) in [6, 6.07) is 6.32. The molecule has 0 aliphatic carbocycles. The van der Waals surface area contributed by atoms with Crippen LogP contribution in [0.1, 0.15) is 15.2 Å². The number of aryl methyl sites for hydroxylation is 1. The van der Waals surface area contributed by atoms with Gasteiger partial charge in [-0.05, 0) is 18.6 Å². The zero-order chi connectivity index (χ0) is 19.3. The van der Waals surface area contributed by atoms with Crippen molar-refractivity contribution in [2.75, 3.05) is 14.1 Å². The molecule has 4 rings (SSSR count). The second-order valence-corrected chi connectivity index (χ2v) is 7.16. The van der Waals surface area contributed by atoms with Crippen LogP contribution in [-0.4, -0.2) is 49.4 Å². The molecule has 0 atom stereocenters. The van der Waals surface area contributed by atoms with Gasteiger partial charge in [-0.15, -0.1) is 16.4 Å². The highest BCUT2D eigenvalue weighted by Gasteiger charge is 2.23. The quantitative estimate of drug-likeness (QED) is 0.398. The van der Waals surface area contributed by atoms with E-state index in [4.69, 9.17) is 0 Å². The van der Waals surface area contributed by atoms with Crippen LogP contribution < -0.4 is 0 Å². The van der Waals surface area contributed by atoms with Gasteiger partial charge in [0.05, 0.1) is 20.8 Å². The van der Waals surface area contributed by atoms with Gasteiger partial charge in [0.15, 0.2) is 11.5 Å². The zero-order valence-corrected chi connectivity index (χ0v) is 15.5. The molecule has 0 saturated carbocycles. The van der Waals surface area contributed by atoms with Crippen molar-refractivity contribution >= 4 is 38.8 Å². The van der Waals surface area contributed by atoms with E-state index in [1.807, 2.05) is 6.92 Å². The van der Waals surface area contributed by atoms with Gasteiger partial charge in [-0.3, -0.25) is 14.9 Å². The van der Waals surface area contributed by atoms with Gasteiger partial charge in [0.1, 0.15) is 11.2 Å². The number of rotatable bonds is 3. The highest BCUT2D eigenvalue weighted by molar-refractivity contribution is 7.20. The van der Waals surface area contributed by atoms with Crippen molar-refractivity contribution in [2.24, 2.45) is 0 Å². The summed E-state index contributed by atoms with van der Waals surface area (Å²) in [5.74, 6) is 0.134. The van der Waals surface area contributed by atoms with Gasteiger partial charge >= 0.3 is 0 Å². The minimum absolute atomic E-state index is 0.0666. The molecule has 0 aliphatic rings. The first-order valence-corrected chi connectivity index (χ1v) is 8.80. The van der Waals surface area contributed by atoms with Crippen LogP contribution in [-0.2, 0) is 0 Å². The lowest BCUT2D eigenvalue weighted by Crippen LogP contribution is -2.21. The Bertz CT molecular complexity index is 1230. The van der Waals surface area contributed by atoms with E-state index >= 15 is 0 Å². The Kier molecular flexibility index (Phi) is 3.84. The SMILES string of the molecule is Cc1c(C(=O)N(C)C)sc2ncn3nc(-c4ccccc4[N+](=O)[O-])nc3c12. The molecule has 3 heterocycles. The molecule has 0 radical (unpaired) electrons. The fraction of sp³-hybridized carbons (Fsp3) is 0.176. The Hall–Kier alpha value is -3.40. The molecule has 136 valence electrons. The Labute approximate surface area is 157 Å². The van der Waals surface area contributed by atoms with E-state index in [0.29, 0.717) is 20.9 Å². The van der Waals surface area contributed by atoms with E-state index in [2.05, 4.69) is 15.1 Å². The summed E-state index contributed by atoms with van der Waals surface area (Å²) in [6.07, 6.45) is 1.50. The molecule has 0 aliphatic heterocycles. The summed E-state index contributed by atoms with van der Waals surface area (Å²) in [4.78, 5) is 34.9. The maximum atomic E-state index is 12.4. The summed E-state index contributed by atoms with van der Waals surface area (Å²) in [5, 5.41) is 16.4. The number of amides is 1. The van der Waals surface area contributed by atoms with Crippen molar-refractivity contribution in [3.8, 4) is 11.4 Å². The van der Waals surface area contributed by atoms with Gasteiger partial charge in [-0.1, -0.05) is 12.1 Å². The second-order valence-electron chi connectivity index (χ2n) is 6.16. The standard InChI is InChI=1S/C17H14N6O3S/c1-9-12-15-19-14(10-6-4-5-7-11(10)23(25)26)20-22(15)8-18-16(12)27-13(9)17(24)21(2)3/h4-8H,1-3H3. The van der Waals surface area contributed by atoms with Crippen molar-refractivity contribution in [3.05, 3.63) is 51.1 Å². The number of carbonyl (C=O) groups excluding carboxylic acids is 1. The minimum atomic E-state index is -0.460. The van der Waals surface area contributed by atoms with E-state index in [1.165, 1.54) is 33.1 Å². The molecule has 0 spiro atoms. The number of nitro groups is 1. The summed E-state index contributed by atoms with van der Waals surface area (Å²) in [7, 11) is 3.39. The molecule has 4 aromatic rings. The molecular weight excluding hydrogens is 368 g/mol. The number of thiophene rings is 1. The number of fused-ring (bicyclic) bond motifs is 3. The lowest BCUT2D eigenvalue weighted by atomic mass is 10.1. The van der Waals surface area contributed by atoms with Gasteiger partial charge in [-0.25, -0.2) is 14.5 Å². The summed E-state index contributed by atoms with van der Waals surface area (Å²) in [6.45, 7) is 1.84. The van der Waals surface area contributed by atoms with Crippen LogP contribution in [0.15, 0.2) is 30.6 Å². The first kappa shape index (κ1) is 17.0. The smallest absolute Gasteiger partial charge is 0.280 e. The van der Waals surface area contributed by atoms with Crippen LogP contribution in [0.25, 0.3) is 27.3 Å². The Morgan fingerprint density at radius 1 is 1.30 bits per heavy atom. The lowest BCUT2D eigenvalue weighted by Gasteiger charge is -2.08. The van der Waals surface area contributed by atoms with Crippen molar-refractivity contribution < 1.29 is 9.72 Å². The Balaban J connectivity index is 1.97. The molecule has 10 heteroatoms. The van der Waals surface area contributed by atoms with Crippen LogP contribution in [0.5, 0.6) is 0 Å². The Morgan fingerprint density at radius 3 is 2.74 bits per heavy atom. The van der Waals surface area contributed by atoms with Crippen LogP contribution in [0, 0.1) is 17.0 Å². The number of carbonyl (C=O) groups is 1. The number of hydrogen-bond acceptors (Lipinski definition) is 7. The van der Waals surface area contributed by atoms with Crippen LogP contribution in [0.3, 0.4) is 0 Å². The van der Waals surface area contributed by atoms with Crippen molar-refractivity contribution in [1.82, 2.24) is 24.5 Å². The first-order valence-electron chi connectivity index (χ1n) is 7.98. The van der Waals surface area contributed by atoms with E-state index in [0.717, 1.165) is 10.9 Å². The van der Waals surface area contributed by atoms with E-state index < -0.39 is 4.92 Å². The van der Waals surface area contributed by atoms with Crippen molar-refractivity contribution in [2.45, 2.75) is 6.92 Å². The van der Waals surface area contributed by atoms with Crippen LogP contribution in [0.4, 0.5) is 5.69 Å². The molecule has 0 saturated heterocycles. The molecule has 9 nitrogen and oxygen atoms in total. The summed E-state index contributed by atoms with van der Waals surface area (Å²) in [5.41, 5.74) is 1.55. The Morgan fingerprint density at radius 2 is 2.04 bits per heavy atom. The number of benzene rings is 1. The number of aromatic nitrogens is 4. The molecule has 27 heavy (non-hydrogen) atoms.